The number of halogens is 2. The van der Waals surface area contributed by atoms with Crippen molar-refractivity contribution in [1.82, 2.24) is 0 Å². The van der Waals surface area contributed by atoms with Gasteiger partial charge in [-0.3, -0.25) is 0 Å². The van der Waals surface area contributed by atoms with E-state index in [0.717, 1.165) is 15.6 Å². The van der Waals surface area contributed by atoms with Crippen LogP contribution in [0.5, 0.6) is 0 Å². The van der Waals surface area contributed by atoms with Crippen LogP contribution in [-0.2, 0) is 11.8 Å². The normalized spacial score (nSPS) is 13.2. The molecule has 0 saturated heterocycles. The summed E-state index contributed by atoms with van der Waals surface area (Å²) in [6, 6.07) is 14.0. The van der Waals surface area contributed by atoms with Crippen LogP contribution in [0.15, 0.2) is 46.9 Å². The molecule has 0 bridgehead atoms. The van der Waals surface area contributed by atoms with Crippen molar-refractivity contribution in [3.05, 3.63) is 68.7 Å². The van der Waals surface area contributed by atoms with E-state index in [1.54, 1.807) is 6.07 Å². The van der Waals surface area contributed by atoms with Gasteiger partial charge in [0, 0.05) is 10.9 Å². The molecule has 0 radical (unpaired) electrons. The highest BCUT2D eigenvalue weighted by atomic mass is 79.9. The average Bonchev–Trinajstić information content (AvgIpc) is 2.41. The van der Waals surface area contributed by atoms with Gasteiger partial charge in [0.25, 0.3) is 0 Å². The molecule has 3 heteroatoms. The highest BCUT2D eigenvalue weighted by Crippen LogP contribution is 2.28. The van der Waals surface area contributed by atoms with Gasteiger partial charge in [-0.25, -0.2) is 0 Å². The molecular weight excluding hydrogens is 348 g/mol. The van der Waals surface area contributed by atoms with Gasteiger partial charge in [0.05, 0.1) is 11.1 Å². The highest BCUT2D eigenvalue weighted by molar-refractivity contribution is 9.10. The van der Waals surface area contributed by atoms with Gasteiger partial charge in [-0.2, -0.15) is 0 Å². The first-order valence-corrected chi connectivity index (χ1v) is 8.17. The van der Waals surface area contributed by atoms with Gasteiger partial charge in [0.15, 0.2) is 0 Å². The molecule has 0 aromatic heterocycles. The lowest BCUT2D eigenvalue weighted by Crippen LogP contribution is -2.11. The van der Waals surface area contributed by atoms with Crippen molar-refractivity contribution in [3.63, 3.8) is 0 Å². The van der Waals surface area contributed by atoms with Crippen molar-refractivity contribution >= 4 is 27.5 Å². The second-order valence-electron chi connectivity index (χ2n) is 6.34. The van der Waals surface area contributed by atoms with E-state index in [1.165, 1.54) is 5.56 Å². The third-order valence-electron chi connectivity index (χ3n) is 3.58. The van der Waals surface area contributed by atoms with Gasteiger partial charge in [0.2, 0.25) is 0 Å². The molecule has 0 amide bonds. The lowest BCUT2D eigenvalue weighted by molar-refractivity contribution is 0.178. The van der Waals surface area contributed by atoms with Gasteiger partial charge in [-0.15, -0.1) is 0 Å². The number of hydrogen-bond donors (Lipinski definition) is 1. The van der Waals surface area contributed by atoms with E-state index in [0.29, 0.717) is 11.4 Å². The van der Waals surface area contributed by atoms with Gasteiger partial charge in [-0.05, 0) is 50.2 Å². The van der Waals surface area contributed by atoms with Crippen molar-refractivity contribution in [2.75, 3.05) is 0 Å². The van der Waals surface area contributed by atoms with Crippen LogP contribution in [0.3, 0.4) is 0 Å². The first kappa shape index (κ1) is 16.5. The van der Waals surface area contributed by atoms with Gasteiger partial charge in [-0.1, -0.05) is 62.7 Å². The summed E-state index contributed by atoms with van der Waals surface area (Å²) in [5.74, 6) is 0. The summed E-state index contributed by atoms with van der Waals surface area (Å²) in [4.78, 5) is 0. The molecule has 2 aromatic carbocycles. The maximum Gasteiger partial charge on any atom is 0.0830 e. The number of aliphatic hydroxyl groups excluding tert-OH is 1. The summed E-state index contributed by atoms with van der Waals surface area (Å²) < 4.78 is 0.809. The quantitative estimate of drug-likeness (QED) is 0.740. The summed E-state index contributed by atoms with van der Waals surface area (Å²) in [5, 5.41) is 11.0. The predicted octanol–water partition coefficient (Wildman–Crippen LogP) is 5.68. The molecule has 0 fully saturated rings. The molecule has 0 aliphatic carbocycles. The largest absolute Gasteiger partial charge is 0.388 e. The number of rotatable bonds is 3. The molecule has 2 rings (SSSR count). The summed E-state index contributed by atoms with van der Waals surface area (Å²) in [7, 11) is 0. The van der Waals surface area contributed by atoms with E-state index in [2.05, 4.69) is 61.0 Å². The molecule has 0 spiro atoms. The Labute approximate surface area is 140 Å². The molecule has 21 heavy (non-hydrogen) atoms. The third kappa shape index (κ3) is 4.32. The molecular formula is C18H20BrClO. The molecule has 112 valence electrons. The molecule has 0 aliphatic rings. The Balaban J connectivity index is 2.12. The Kier molecular flexibility index (Phi) is 5.13. The van der Waals surface area contributed by atoms with Crippen molar-refractivity contribution in [2.45, 2.75) is 38.7 Å². The van der Waals surface area contributed by atoms with Gasteiger partial charge < -0.3 is 5.11 Å². The minimum Gasteiger partial charge on any atom is -0.388 e. The fourth-order valence-electron chi connectivity index (χ4n) is 2.20. The van der Waals surface area contributed by atoms with Crippen LogP contribution in [0.1, 0.15) is 43.6 Å². The van der Waals surface area contributed by atoms with E-state index in [4.69, 9.17) is 11.6 Å². The van der Waals surface area contributed by atoms with Gasteiger partial charge >= 0.3 is 0 Å². The maximum atomic E-state index is 10.4. The van der Waals surface area contributed by atoms with E-state index < -0.39 is 6.10 Å². The van der Waals surface area contributed by atoms with Crippen LogP contribution in [0.4, 0.5) is 0 Å². The highest BCUT2D eigenvalue weighted by Gasteiger charge is 2.14. The van der Waals surface area contributed by atoms with Crippen LogP contribution in [-0.4, -0.2) is 5.11 Å². The van der Waals surface area contributed by atoms with Crippen LogP contribution in [0, 0.1) is 0 Å². The fraction of sp³-hybridized carbons (Fsp3) is 0.333. The second-order valence-corrected chi connectivity index (χ2v) is 7.60. The van der Waals surface area contributed by atoms with E-state index in [-0.39, 0.29) is 5.41 Å². The van der Waals surface area contributed by atoms with Crippen molar-refractivity contribution in [3.8, 4) is 0 Å². The summed E-state index contributed by atoms with van der Waals surface area (Å²) in [6.45, 7) is 6.59. The standard InChI is InChI=1S/C18H20BrClO/c1-18(2,3)14-7-4-12(5-8-14)10-17(21)13-6-9-16(20)15(19)11-13/h4-9,11,17,21H,10H2,1-3H3. The fourth-order valence-corrected chi connectivity index (χ4v) is 2.72. The minimum atomic E-state index is -0.529. The monoisotopic (exact) mass is 366 g/mol. The van der Waals surface area contributed by atoms with Crippen molar-refractivity contribution in [1.29, 1.82) is 0 Å². The Morgan fingerprint density at radius 1 is 1.10 bits per heavy atom. The maximum absolute atomic E-state index is 10.4. The molecule has 1 nitrogen and oxygen atoms in total. The molecule has 1 N–H and O–H groups in total. The zero-order valence-electron chi connectivity index (χ0n) is 12.5. The Morgan fingerprint density at radius 3 is 2.24 bits per heavy atom. The lowest BCUT2D eigenvalue weighted by Gasteiger charge is -2.19. The first-order valence-electron chi connectivity index (χ1n) is 7.00. The molecule has 0 aliphatic heterocycles. The number of benzene rings is 2. The van der Waals surface area contributed by atoms with Crippen LogP contribution in [0.2, 0.25) is 5.02 Å². The molecule has 0 heterocycles. The second kappa shape index (κ2) is 6.51. The first-order chi connectivity index (χ1) is 9.77. The number of aliphatic hydroxyl groups is 1. The van der Waals surface area contributed by atoms with Crippen molar-refractivity contribution in [2.24, 2.45) is 0 Å². The van der Waals surface area contributed by atoms with E-state index in [9.17, 15) is 5.11 Å². The molecule has 0 saturated carbocycles. The Hall–Kier alpha value is -0.830. The predicted molar refractivity (Wildman–Crippen MR) is 93.0 cm³/mol. The van der Waals surface area contributed by atoms with E-state index in [1.807, 2.05) is 12.1 Å². The molecule has 1 atom stereocenters. The lowest BCUT2D eigenvalue weighted by atomic mass is 9.86. The van der Waals surface area contributed by atoms with Crippen molar-refractivity contribution < 1.29 is 5.11 Å². The molecule has 1 unspecified atom stereocenters. The minimum absolute atomic E-state index is 0.151. The Bertz CT molecular complexity index is 614. The zero-order valence-corrected chi connectivity index (χ0v) is 14.9. The zero-order chi connectivity index (χ0) is 15.6. The topological polar surface area (TPSA) is 20.2 Å². The van der Waals surface area contributed by atoms with Crippen LogP contribution < -0.4 is 0 Å². The Morgan fingerprint density at radius 2 is 1.71 bits per heavy atom. The van der Waals surface area contributed by atoms with Gasteiger partial charge in [0.1, 0.15) is 0 Å². The van der Waals surface area contributed by atoms with Crippen LogP contribution in [0.25, 0.3) is 0 Å². The third-order valence-corrected chi connectivity index (χ3v) is 4.79. The SMILES string of the molecule is CC(C)(C)c1ccc(CC(O)c2ccc(Cl)c(Br)c2)cc1. The van der Waals surface area contributed by atoms with E-state index >= 15 is 0 Å². The smallest absolute Gasteiger partial charge is 0.0830 e. The molecule has 2 aromatic rings. The average molecular weight is 368 g/mol. The summed E-state index contributed by atoms with van der Waals surface area (Å²) >= 11 is 9.37. The number of hydrogen-bond acceptors (Lipinski definition) is 1. The summed E-state index contributed by atoms with van der Waals surface area (Å²) in [5.41, 5.74) is 3.45. The van der Waals surface area contributed by atoms with Crippen LogP contribution >= 0.6 is 27.5 Å². The summed E-state index contributed by atoms with van der Waals surface area (Å²) in [6.07, 6.45) is 0.0671.